The van der Waals surface area contributed by atoms with Crippen LogP contribution in [0.2, 0.25) is 0 Å². The molecule has 7 heteroatoms. The summed E-state index contributed by atoms with van der Waals surface area (Å²) in [5, 5.41) is 12.0. The number of anilines is 1. The second kappa shape index (κ2) is 7.45. The molecule has 0 aromatic carbocycles. The van der Waals surface area contributed by atoms with Gasteiger partial charge in [0.05, 0.1) is 11.4 Å². The maximum atomic E-state index is 12.3. The number of nitrogen functional groups attached to an aromatic ring is 1. The van der Waals surface area contributed by atoms with Gasteiger partial charge in [0, 0.05) is 6.04 Å². The summed E-state index contributed by atoms with van der Waals surface area (Å²) in [4.78, 5) is 20.4. The molecule has 0 aliphatic heterocycles. The van der Waals surface area contributed by atoms with Gasteiger partial charge in [0.1, 0.15) is 17.5 Å². The van der Waals surface area contributed by atoms with Crippen LogP contribution in [0.4, 0.5) is 5.82 Å². The van der Waals surface area contributed by atoms with Crippen LogP contribution in [0.1, 0.15) is 45.1 Å². The van der Waals surface area contributed by atoms with Crippen molar-refractivity contribution in [2.24, 2.45) is 5.92 Å². The average Bonchev–Trinajstić information content (AvgIpc) is 2.49. The first-order valence-corrected chi connectivity index (χ1v) is 8.39. The minimum atomic E-state index is -0.304. The van der Waals surface area contributed by atoms with Gasteiger partial charge in [0.25, 0.3) is 0 Å². The van der Waals surface area contributed by atoms with E-state index in [1.165, 1.54) is 37.2 Å². The Bertz CT molecular complexity index is 586. The van der Waals surface area contributed by atoms with Crippen LogP contribution in [-0.4, -0.2) is 27.2 Å². The van der Waals surface area contributed by atoms with Crippen LogP contribution in [0.3, 0.4) is 0 Å². The number of thioether (sulfide) groups is 1. The first-order chi connectivity index (χ1) is 10.5. The van der Waals surface area contributed by atoms with Crippen molar-refractivity contribution in [1.82, 2.24) is 15.3 Å². The molecule has 118 valence electrons. The number of rotatable bonds is 4. The van der Waals surface area contributed by atoms with E-state index in [-0.39, 0.29) is 28.6 Å². The zero-order valence-corrected chi connectivity index (χ0v) is 13.7. The van der Waals surface area contributed by atoms with E-state index in [0.29, 0.717) is 11.1 Å². The van der Waals surface area contributed by atoms with Crippen molar-refractivity contribution in [1.29, 1.82) is 5.26 Å². The maximum Gasteiger partial charge on any atom is 0.233 e. The number of nitrogens with two attached hydrogens (primary N) is 1. The van der Waals surface area contributed by atoms with Crippen LogP contribution >= 0.6 is 11.8 Å². The van der Waals surface area contributed by atoms with E-state index in [2.05, 4.69) is 22.2 Å². The van der Waals surface area contributed by atoms with Gasteiger partial charge in [0.15, 0.2) is 5.16 Å². The van der Waals surface area contributed by atoms with Crippen molar-refractivity contribution in [3.63, 3.8) is 0 Å². The van der Waals surface area contributed by atoms with E-state index in [1.807, 2.05) is 13.0 Å². The SMILES string of the molecule is C[C@H](Sc1ncc(C#N)c(N)n1)C(=O)N[C@@H]1CCCC[C@@H]1C. The molecular weight excluding hydrogens is 298 g/mol. The van der Waals surface area contributed by atoms with Crippen molar-refractivity contribution in [2.45, 2.75) is 56.0 Å². The number of hydrogen-bond donors (Lipinski definition) is 2. The summed E-state index contributed by atoms with van der Waals surface area (Å²) >= 11 is 1.25. The Kier molecular flexibility index (Phi) is 5.61. The van der Waals surface area contributed by atoms with Crippen molar-refractivity contribution < 1.29 is 4.79 Å². The Morgan fingerprint density at radius 2 is 2.27 bits per heavy atom. The van der Waals surface area contributed by atoms with Crippen LogP contribution in [-0.2, 0) is 4.79 Å². The van der Waals surface area contributed by atoms with Gasteiger partial charge >= 0.3 is 0 Å². The highest BCUT2D eigenvalue weighted by atomic mass is 32.2. The number of carbonyl (C=O) groups excluding carboxylic acids is 1. The van der Waals surface area contributed by atoms with Crippen molar-refractivity contribution in [3.8, 4) is 6.07 Å². The van der Waals surface area contributed by atoms with E-state index < -0.39 is 0 Å². The van der Waals surface area contributed by atoms with Crippen LogP contribution in [0.25, 0.3) is 0 Å². The summed E-state index contributed by atoms with van der Waals surface area (Å²) in [6.07, 6.45) is 6.02. The largest absolute Gasteiger partial charge is 0.382 e. The van der Waals surface area contributed by atoms with Gasteiger partial charge in [0.2, 0.25) is 5.91 Å². The van der Waals surface area contributed by atoms with E-state index in [1.54, 1.807) is 0 Å². The minimum Gasteiger partial charge on any atom is -0.382 e. The predicted molar refractivity (Wildman–Crippen MR) is 86.0 cm³/mol. The number of hydrogen-bond acceptors (Lipinski definition) is 6. The van der Waals surface area contributed by atoms with Crippen LogP contribution in [0.5, 0.6) is 0 Å². The summed E-state index contributed by atoms with van der Waals surface area (Å²) in [5.74, 6) is 0.667. The highest BCUT2D eigenvalue weighted by molar-refractivity contribution is 8.00. The van der Waals surface area contributed by atoms with Gasteiger partial charge in [-0.3, -0.25) is 4.79 Å². The fourth-order valence-electron chi connectivity index (χ4n) is 2.56. The number of nitriles is 1. The smallest absolute Gasteiger partial charge is 0.233 e. The Hall–Kier alpha value is -1.81. The highest BCUT2D eigenvalue weighted by Crippen LogP contribution is 2.25. The normalized spacial score (nSPS) is 22.6. The molecule has 0 unspecified atom stereocenters. The van der Waals surface area contributed by atoms with Crippen molar-refractivity contribution >= 4 is 23.5 Å². The number of carbonyl (C=O) groups is 1. The minimum absolute atomic E-state index is 0.00437. The molecule has 0 spiro atoms. The van der Waals surface area contributed by atoms with Gasteiger partial charge in [-0.15, -0.1) is 0 Å². The van der Waals surface area contributed by atoms with Gasteiger partial charge in [-0.25, -0.2) is 9.97 Å². The van der Waals surface area contributed by atoms with Gasteiger partial charge in [-0.1, -0.05) is 31.5 Å². The van der Waals surface area contributed by atoms with Crippen LogP contribution < -0.4 is 11.1 Å². The summed E-state index contributed by atoms with van der Waals surface area (Å²) in [7, 11) is 0. The zero-order chi connectivity index (χ0) is 16.1. The molecule has 0 bridgehead atoms. The van der Waals surface area contributed by atoms with Crippen molar-refractivity contribution in [3.05, 3.63) is 11.8 Å². The van der Waals surface area contributed by atoms with E-state index in [4.69, 9.17) is 11.0 Å². The lowest BCUT2D eigenvalue weighted by Crippen LogP contribution is -2.44. The molecule has 1 aliphatic rings. The van der Waals surface area contributed by atoms with E-state index >= 15 is 0 Å². The molecule has 2 rings (SSSR count). The Balaban J connectivity index is 1.93. The fourth-order valence-corrected chi connectivity index (χ4v) is 3.32. The molecule has 1 saturated carbocycles. The number of nitrogens with zero attached hydrogens (tertiary/aromatic N) is 3. The molecule has 3 atom stereocenters. The second-order valence-electron chi connectivity index (χ2n) is 5.70. The summed E-state index contributed by atoms with van der Waals surface area (Å²) in [6.45, 7) is 4.01. The lowest BCUT2D eigenvalue weighted by atomic mass is 9.86. The van der Waals surface area contributed by atoms with E-state index in [0.717, 1.165) is 6.42 Å². The molecule has 3 N–H and O–H groups in total. The molecule has 22 heavy (non-hydrogen) atoms. The first-order valence-electron chi connectivity index (χ1n) is 7.51. The van der Waals surface area contributed by atoms with Crippen molar-refractivity contribution in [2.75, 3.05) is 5.73 Å². The third-order valence-corrected chi connectivity index (χ3v) is 4.98. The van der Waals surface area contributed by atoms with Crippen LogP contribution in [0.15, 0.2) is 11.4 Å². The molecule has 1 heterocycles. The second-order valence-corrected chi connectivity index (χ2v) is 7.01. The zero-order valence-electron chi connectivity index (χ0n) is 12.9. The number of nitrogens with one attached hydrogen (secondary N) is 1. The predicted octanol–water partition coefficient (Wildman–Crippen LogP) is 2.11. The number of aromatic nitrogens is 2. The summed E-state index contributed by atoms with van der Waals surface area (Å²) in [6, 6.07) is 2.18. The Morgan fingerprint density at radius 1 is 1.55 bits per heavy atom. The highest BCUT2D eigenvalue weighted by Gasteiger charge is 2.25. The maximum absolute atomic E-state index is 12.3. The molecule has 6 nitrogen and oxygen atoms in total. The molecular formula is C15H21N5OS. The fraction of sp³-hybridized carbons (Fsp3) is 0.600. The molecule has 0 saturated heterocycles. The van der Waals surface area contributed by atoms with Gasteiger partial charge in [-0.05, 0) is 25.7 Å². The molecule has 0 radical (unpaired) electrons. The standard InChI is InChI=1S/C15H21N5OS/c1-9-5-3-4-6-12(9)19-14(21)10(2)22-15-18-8-11(7-16)13(17)20-15/h8-10,12H,3-6H2,1-2H3,(H,19,21)(H2,17,18,20)/t9-,10-,12+/m0/s1. The third kappa shape index (κ3) is 4.10. The number of amides is 1. The lowest BCUT2D eigenvalue weighted by molar-refractivity contribution is -0.121. The summed E-state index contributed by atoms with van der Waals surface area (Å²) in [5.41, 5.74) is 5.91. The van der Waals surface area contributed by atoms with Gasteiger partial charge < -0.3 is 11.1 Å². The monoisotopic (exact) mass is 319 g/mol. The third-order valence-electron chi connectivity index (χ3n) is 4.01. The van der Waals surface area contributed by atoms with Crippen LogP contribution in [0, 0.1) is 17.2 Å². The average molecular weight is 319 g/mol. The Labute approximate surface area is 134 Å². The quantitative estimate of drug-likeness (QED) is 0.650. The molecule has 1 amide bonds. The molecule has 1 aromatic heterocycles. The molecule has 1 aromatic rings. The first kappa shape index (κ1) is 16.6. The molecule has 1 fully saturated rings. The Morgan fingerprint density at radius 3 is 2.91 bits per heavy atom. The van der Waals surface area contributed by atoms with E-state index in [9.17, 15) is 4.79 Å². The topological polar surface area (TPSA) is 105 Å². The lowest BCUT2D eigenvalue weighted by Gasteiger charge is -2.30. The summed E-state index contributed by atoms with van der Waals surface area (Å²) < 4.78 is 0. The molecule has 1 aliphatic carbocycles. The van der Waals surface area contributed by atoms with Gasteiger partial charge in [-0.2, -0.15) is 5.26 Å².